The van der Waals surface area contributed by atoms with Gasteiger partial charge in [0.15, 0.2) is 17.5 Å². The molecule has 7 heteroatoms. The molecule has 0 unspecified atom stereocenters. The zero-order valence-electron chi connectivity index (χ0n) is 12.1. The zero-order chi connectivity index (χ0) is 17.0. The third kappa shape index (κ3) is 3.88. The molecule has 2 aromatic carbocycles. The summed E-state index contributed by atoms with van der Waals surface area (Å²) in [6, 6.07) is 8.38. The van der Waals surface area contributed by atoms with Crippen molar-refractivity contribution in [3.63, 3.8) is 0 Å². The van der Waals surface area contributed by atoms with Crippen molar-refractivity contribution in [2.24, 2.45) is 0 Å². The van der Waals surface area contributed by atoms with Crippen molar-refractivity contribution < 1.29 is 22.8 Å². The summed E-state index contributed by atoms with van der Waals surface area (Å²) in [5.41, 5.74) is 0.635. The average molecular weight is 322 g/mol. The van der Waals surface area contributed by atoms with Gasteiger partial charge < -0.3 is 10.6 Å². The van der Waals surface area contributed by atoms with Gasteiger partial charge in [0.1, 0.15) is 0 Å². The fourth-order valence-electron chi connectivity index (χ4n) is 1.90. The molecule has 2 aromatic rings. The Morgan fingerprint density at radius 3 is 2.39 bits per heavy atom. The molecule has 0 aliphatic rings. The SMILES string of the molecule is Cc1ccccc1C(=O)NCC(=O)Nc1ccc(F)c(F)c1F. The van der Waals surface area contributed by atoms with E-state index in [9.17, 15) is 22.8 Å². The minimum atomic E-state index is -1.67. The molecule has 0 saturated carbocycles. The van der Waals surface area contributed by atoms with Gasteiger partial charge in [-0.1, -0.05) is 18.2 Å². The summed E-state index contributed by atoms with van der Waals surface area (Å²) < 4.78 is 39.3. The molecule has 2 amide bonds. The highest BCUT2D eigenvalue weighted by atomic mass is 19.2. The van der Waals surface area contributed by atoms with Crippen molar-refractivity contribution in [2.45, 2.75) is 6.92 Å². The third-order valence-corrected chi connectivity index (χ3v) is 3.11. The van der Waals surface area contributed by atoms with E-state index in [4.69, 9.17) is 0 Å². The standard InChI is InChI=1S/C16H13F3N2O2/c1-9-4-2-3-5-10(9)16(23)20-8-13(22)21-12-7-6-11(17)14(18)15(12)19/h2-7H,8H2,1H3,(H,20,23)(H,21,22). The largest absolute Gasteiger partial charge is 0.343 e. The van der Waals surface area contributed by atoms with E-state index in [1.54, 1.807) is 31.2 Å². The highest BCUT2D eigenvalue weighted by Crippen LogP contribution is 2.19. The molecule has 0 bridgehead atoms. The smallest absolute Gasteiger partial charge is 0.251 e. The average Bonchev–Trinajstić information content (AvgIpc) is 2.53. The van der Waals surface area contributed by atoms with Gasteiger partial charge in [-0.25, -0.2) is 13.2 Å². The molecule has 23 heavy (non-hydrogen) atoms. The summed E-state index contributed by atoms with van der Waals surface area (Å²) >= 11 is 0. The zero-order valence-corrected chi connectivity index (χ0v) is 12.1. The Morgan fingerprint density at radius 1 is 1.00 bits per heavy atom. The first-order valence-corrected chi connectivity index (χ1v) is 6.67. The van der Waals surface area contributed by atoms with Crippen molar-refractivity contribution in [2.75, 3.05) is 11.9 Å². The van der Waals surface area contributed by atoms with Gasteiger partial charge in [-0.2, -0.15) is 0 Å². The summed E-state index contributed by atoms with van der Waals surface area (Å²) in [6.45, 7) is 1.30. The number of hydrogen-bond donors (Lipinski definition) is 2. The van der Waals surface area contributed by atoms with Gasteiger partial charge in [0.2, 0.25) is 5.91 Å². The Morgan fingerprint density at radius 2 is 1.70 bits per heavy atom. The van der Waals surface area contributed by atoms with Crippen LogP contribution in [0.5, 0.6) is 0 Å². The highest BCUT2D eigenvalue weighted by Gasteiger charge is 2.16. The molecular formula is C16H13F3N2O2. The number of amides is 2. The minimum absolute atomic E-state index is 0.402. The number of carbonyl (C=O) groups excluding carboxylic acids is 2. The summed E-state index contributed by atoms with van der Waals surface area (Å²) in [5.74, 6) is -5.76. The number of carbonyl (C=O) groups is 2. The molecule has 0 aliphatic carbocycles. The predicted molar refractivity (Wildman–Crippen MR) is 78.5 cm³/mol. The van der Waals surface area contributed by atoms with Gasteiger partial charge in [0, 0.05) is 5.56 Å². The Hall–Kier alpha value is -2.83. The van der Waals surface area contributed by atoms with E-state index in [0.29, 0.717) is 11.6 Å². The van der Waals surface area contributed by atoms with Crippen molar-refractivity contribution in [1.82, 2.24) is 5.32 Å². The lowest BCUT2D eigenvalue weighted by atomic mass is 10.1. The molecule has 120 valence electrons. The summed E-state index contributed by atoms with van der Waals surface area (Å²) in [7, 11) is 0. The molecule has 4 nitrogen and oxygen atoms in total. The van der Waals surface area contributed by atoms with E-state index in [1.807, 2.05) is 0 Å². The molecule has 0 radical (unpaired) electrons. The van der Waals surface area contributed by atoms with Gasteiger partial charge in [-0.3, -0.25) is 9.59 Å². The van der Waals surface area contributed by atoms with Crippen LogP contribution in [0.1, 0.15) is 15.9 Å². The molecule has 0 heterocycles. The van der Waals surface area contributed by atoms with Crippen molar-refractivity contribution in [3.05, 3.63) is 65.0 Å². The summed E-state index contributed by atoms with van der Waals surface area (Å²) in [5, 5.41) is 4.43. The molecule has 2 rings (SSSR count). The van der Waals surface area contributed by atoms with Crippen LogP contribution in [0.3, 0.4) is 0 Å². The first-order valence-electron chi connectivity index (χ1n) is 6.67. The van der Waals surface area contributed by atoms with Crippen LogP contribution >= 0.6 is 0 Å². The van der Waals surface area contributed by atoms with E-state index in [-0.39, 0.29) is 0 Å². The lowest BCUT2D eigenvalue weighted by molar-refractivity contribution is -0.115. The Bertz CT molecular complexity index is 763. The number of halogens is 3. The minimum Gasteiger partial charge on any atom is -0.343 e. The fourth-order valence-corrected chi connectivity index (χ4v) is 1.90. The van der Waals surface area contributed by atoms with Crippen LogP contribution in [0.4, 0.5) is 18.9 Å². The highest BCUT2D eigenvalue weighted by molar-refractivity contribution is 6.00. The molecule has 0 atom stereocenters. The number of aryl methyl sites for hydroxylation is 1. The van der Waals surface area contributed by atoms with Crippen LogP contribution in [0.15, 0.2) is 36.4 Å². The molecule has 0 spiro atoms. The molecular weight excluding hydrogens is 309 g/mol. The molecule has 0 aromatic heterocycles. The number of rotatable bonds is 4. The summed E-state index contributed by atoms with van der Waals surface area (Å²) in [4.78, 5) is 23.6. The van der Waals surface area contributed by atoms with E-state index >= 15 is 0 Å². The number of hydrogen-bond acceptors (Lipinski definition) is 2. The lowest BCUT2D eigenvalue weighted by Crippen LogP contribution is -2.33. The van der Waals surface area contributed by atoms with Gasteiger partial charge >= 0.3 is 0 Å². The Balaban J connectivity index is 1.97. The van der Waals surface area contributed by atoms with Crippen LogP contribution in [-0.2, 0) is 4.79 Å². The monoisotopic (exact) mass is 322 g/mol. The van der Waals surface area contributed by atoms with Crippen LogP contribution in [0, 0.1) is 24.4 Å². The maximum atomic E-state index is 13.4. The fraction of sp³-hybridized carbons (Fsp3) is 0.125. The van der Waals surface area contributed by atoms with Crippen LogP contribution in [-0.4, -0.2) is 18.4 Å². The molecule has 0 saturated heterocycles. The first-order chi connectivity index (χ1) is 10.9. The molecule has 2 N–H and O–H groups in total. The van der Waals surface area contributed by atoms with Gasteiger partial charge in [0.05, 0.1) is 12.2 Å². The quantitative estimate of drug-likeness (QED) is 0.851. The second kappa shape index (κ2) is 6.95. The van der Waals surface area contributed by atoms with E-state index < -0.39 is 41.5 Å². The molecule has 0 fully saturated rings. The molecule has 0 aliphatic heterocycles. The van der Waals surface area contributed by atoms with Gasteiger partial charge in [-0.05, 0) is 30.7 Å². The van der Waals surface area contributed by atoms with Crippen molar-refractivity contribution >= 4 is 17.5 Å². The first kappa shape index (κ1) is 16.5. The number of benzene rings is 2. The summed E-state index contributed by atoms with van der Waals surface area (Å²) in [6.07, 6.45) is 0. The second-order valence-electron chi connectivity index (χ2n) is 4.77. The maximum Gasteiger partial charge on any atom is 0.251 e. The normalized spacial score (nSPS) is 10.3. The second-order valence-corrected chi connectivity index (χ2v) is 4.77. The van der Waals surface area contributed by atoms with Crippen LogP contribution in [0.2, 0.25) is 0 Å². The van der Waals surface area contributed by atoms with E-state index in [2.05, 4.69) is 10.6 Å². The lowest BCUT2D eigenvalue weighted by Gasteiger charge is -2.09. The predicted octanol–water partition coefficient (Wildman–Crippen LogP) is 2.78. The van der Waals surface area contributed by atoms with Crippen LogP contribution in [0.25, 0.3) is 0 Å². The maximum absolute atomic E-state index is 13.4. The van der Waals surface area contributed by atoms with Crippen molar-refractivity contribution in [3.8, 4) is 0 Å². The Kier molecular flexibility index (Phi) is 5.00. The number of nitrogens with one attached hydrogen (secondary N) is 2. The third-order valence-electron chi connectivity index (χ3n) is 3.11. The van der Waals surface area contributed by atoms with Crippen molar-refractivity contribution in [1.29, 1.82) is 0 Å². The van der Waals surface area contributed by atoms with Gasteiger partial charge in [-0.15, -0.1) is 0 Å². The topological polar surface area (TPSA) is 58.2 Å². The van der Waals surface area contributed by atoms with E-state index in [0.717, 1.165) is 11.6 Å². The van der Waals surface area contributed by atoms with E-state index in [1.165, 1.54) is 0 Å². The van der Waals surface area contributed by atoms with Crippen LogP contribution < -0.4 is 10.6 Å². The number of anilines is 1. The Labute approximate surface area is 130 Å². The van der Waals surface area contributed by atoms with Gasteiger partial charge in [0.25, 0.3) is 5.91 Å².